The molecule has 1 unspecified atom stereocenters. The number of nitrogens with one attached hydrogen (secondary N) is 1. The summed E-state index contributed by atoms with van der Waals surface area (Å²) in [6, 6.07) is 9.41. The van der Waals surface area contributed by atoms with Crippen molar-refractivity contribution in [2.24, 2.45) is 11.8 Å². The first-order valence-electron chi connectivity index (χ1n) is 6.45. The average molecular weight is 260 g/mol. The van der Waals surface area contributed by atoms with Crippen LogP contribution in [0.15, 0.2) is 24.3 Å². The Hall–Kier alpha value is -1.86. The van der Waals surface area contributed by atoms with E-state index < -0.39 is 5.97 Å². The molecule has 0 aromatic heterocycles. The molecule has 2 N–H and O–H groups in total. The Morgan fingerprint density at radius 3 is 2.79 bits per heavy atom. The van der Waals surface area contributed by atoms with E-state index >= 15 is 0 Å². The van der Waals surface area contributed by atoms with Gasteiger partial charge in [-0.1, -0.05) is 26.0 Å². The van der Waals surface area contributed by atoms with Gasteiger partial charge in [0.15, 0.2) is 0 Å². The topological polar surface area (TPSA) is 73.1 Å². The van der Waals surface area contributed by atoms with Gasteiger partial charge < -0.3 is 10.4 Å². The molecule has 0 heterocycles. The van der Waals surface area contributed by atoms with Gasteiger partial charge in [0.05, 0.1) is 17.6 Å². The van der Waals surface area contributed by atoms with Crippen LogP contribution in [0.5, 0.6) is 0 Å². The second-order valence-corrected chi connectivity index (χ2v) is 5.11. The average Bonchev–Trinajstić information content (AvgIpc) is 2.37. The van der Waals surface area contributed by atoms with Crippen molar-refractivity contribution in [1.29, 1.82) is 5.26 Å². The van der Waals surface area contributed by atoms with Crippen LogP contribution in [0.2, 0.25) is 0 Å². The number of hydrogen-bond acceptors (Lipinski definition) is 3. The van der Waals surface area contributed by atoms with Crippen LogP contribution in [-0.4, -0.2) is 17.6 Å². The normalized spacial score (nSPS) is 12.1. The van der Waals surface area contributed by atoms with Gasteiger partial charge in [0, 0.05) is 13.1 Å². The standard InChI is InChI=1S/C15H20N2O2/c1-11(2)6-14(15(18)19)10-17-9-13-5-3-4-12(7-13)8-16/h3-5,7,11,14,17H,6,9-10H2,1-2H3,(H,18,19). The quantitative estimate of drug-likeness (QED) is 0.789. The van der Waals surface area contributed by atoms with E-state index in [-0.39, 0.29) is 5.92 Å². The molecule has 0 amide bonds. The lowest BCUT2D eigenvalue weighted by atomic mass is 9.97. The first kappa shape index (κ1) is 15.2. The molecule has 0 bridgehead atoms. The summed E-state index contributed by atoms with van der Waals surface area (Å²) in [6.45, 7) is 5.07. The maximum Gasteiger partial charge on any atom is 0.307 e. The van der Waals surface area contributed by atoms with Crippen molar-refractivity contribution in [3.05, 3.63) is 35.4 Å². The van der Waals surface area contributed by atoms with Gasteiger partial charge in [-0.3, -0.25) is 4.79 Å². The van der Waals surface area contributed by atoms with Crippen LogP contribution in [0.1, 0.15) is 31.4 Å². The Morgan fingerprint density at radius 1 is 1.47 bits per heavy atom. The Kier molecular flexibility index (Phi) is 6.04. The van der Waals surface area contributed by atoms with Crippen LogP contribution in [0.3, 0.4) is 0 Å². The van der Waals surface area contributed by atoms with Crippen molar-refractivity contribution in [3.63, 3.8) is 0 Å². The summed E-state index contributed by atoms with van der Waals surface area (Å²) >= 11 is 0. The smallest absolute Gasteiger partial charge is 0.307 e. The minimum Gasteiger partial charge on any atom is -0.481 e. The molecule has 0 aliphatic rings. The van der Waals surface area contributed by atoms with Crippen LogP contribution in [0.4, 0.5) is 0 Å². The molecular formula is C15H20N2O2. The molecule has 4 nitrogen and oxygen atoms in total. The molecule has 4 heteroatoms. The van der Waals surface area contributed by atoms with Crippen LogP contribution in [0, 0.1) is 23.2 Å². The van der Waals surface area contributed by atoms with E-state index in [1.165, 1.54) is 0 Å². The highest BCUT2D eigenvalue weighted by Gasteiger charge is 2.18. The van der Waals surface area contributed by atoms with Crippen molar-refractivity contribution in [2.75, 3.05) is 6.54 Å². The van der Waals surface area contributed by atoms with Crippen LogP contribution in [-0.2, 0) is 11.3 Å². The van der Waals surface area contributed by atoms with Gasteiger partial charge in [0.25, 0.3) is 0 Å². The SMILES string of the molecule is CC(C)CC(CNCc1cccc(C#N)c1)C(=O)O. The highest BCUT2D eigenvalue weighted by atomic mass is 16.4. The minimum absolute atomic E-state index is 0.362. The summed E-state index contributed by atoms with van der Waals surface area (Å²) in [7, 11) is 0. The van der Waals surface area contributed by atoms with Gasteiger partial charge in [0.2, 0.25) is 0 Å². The molecule has 102 valence electrons. The van der Waals surface area contributed by atoms with Crippen molar-refractivity contribution >= 4 is 5.97 Å². The predicted molar refractivity (Wildman–Crippen MR) is 73.4 cm³/mol. The third-order valence-corrected chi connectivity index (χ3v) is 2.88. The Balaban J connectivity index is 2.47. The molecule has 0 aliphatic carbocycles. The number of hydrogen-bond donors (Lipinski definition) is 2. The zero-order valence-electron chi connectivity index (χ0n) is 11.4. The minimum atomic E-state index is -0.757. The van der Waals surface area contributed by atoms with E-state index in [4.69, 9.17) is 10.4 Å². The Morgan fingerprint density at radius 2 is 2.21 bits per heavy atom. The van der Waals surface area contributed by atoms with Crippen LogP contribution < -0.4 is 5.32 Å². The van der Waals surface area contributed by atoms with Gasteiger partial charge in [0.1, 0.15) is 0 Å². The molecule has 0 saturated heterocycles. The molecule has 0 radical (unpaired) electrons. The van der Waals surface area contributed by atoms with Crippen molar-refractivity contribution in [2.45, 2.75) is 26.8 Å². The Bertz CT molecular complexity index is 463. The summed E-state index contributed by atoms with van der Waals surface area (Å²) in [6.07, 6.45) is 0.667. The van der Waals surface area contributed by atoms with E-state index in [0.717, 1.165) is 5.56 Å². The molecule has 1 rings (SSSR count). The fourth-order valence-corrected chi connectivity index (χ4v) is 1.98. The molecular weight excluding hydrogens is 240 g/mol. The molecule has 1 atom stereocenters. The first-order valence-corrected chi connectivity index (χ1v) is 6.45. The lowest BCUT2D eigenvalue weighted by Gasteiger charge is -2.15. The van der Waals surface area contributed by atoms with Gasteiger partial charge in [-0.25, -0.2) is 0 Å². The predicted octanol–water partition coefficient (Wildman–Crippen LogP) is 2.39. The third-order valence-electron chi connectivity index (χ3n) is 2.88. The molecule has 0 saturated carbocycles. The molecule has 0 aliphatic heterocycles. The zero-order valence-corrected chi connectivity index (χ0v) is 11.4. The van der Waals surface area contributed by atoms with Gasteiger partial charge >= 0.3 is 5.97 Å². The van der Waals surface area contributed by atoms with Crippen LogP contribution in [0.25, 0.3) is 0 Å². The molecule has 0 fully saturated rings. The number of nitriles is 1. The summed E-state index contributed by atoms with van der Waals surface area (Å²) < 4.78 is 0. The first-order chi connectivity index (χ1) is 9.02. The molecule has 19 heavy (non-hydrogen) atoms. The third kappa shape index (κ3) is 5.54. The number of carbonyl (C=O) groups is 1. The maximum absolute atomic E-state index is 11.1. The monoisotopic (exact) mass is 260 g/mol. The molecule has 1 aromatic carbocycles. The summed E-state index contributed by atoms with van der Waals surface area (Å²) in [5, 5.41) is 21.1. The zero-order chi connectivity index (χ0) is 14.3. The molecule has 0 spiro atoms. The number of nitrogens with zero attached hydrogens (tertiary/aromatic N) is 1. The number of carboxylic acid groups (broad SMARTS) is 1. The number of aliphatic carboxylic acids is 1. The van der Waals surface area contributed by atoms with E-state index in [1.54, 1.807) is 6.07 Å². The highest BCUT2D eigenvalue weighted by molar-refractivity contribution is 5.70. The van der Waals surface area contributed by atoms with Gasteiger partial charge in [-0.2, -0.15) is 5.26 Å². The van der Waals surface area contributed by atoms with E-state index in [0.29, 0.717) is 31.0 Å². The van der Waals surface area contributed by atoms with Crippen molar-refractivity contribution < 1.29 is 9.90 Å². The van der Waals surface area contributed by atoms with Gasteiger partial charge in [-0.05, 0) is 30.0 Å². The summed E-state index contributed by atoms with van der Waals surface area (Å²) in [5.74, 6) is -0.754. The summed E-state index contributed by atoms with van der Waals surface area (Å²) in [5.41, 5.74) is 1.61. The van der Waals surface area contributed by atoms with E-state index in [1.807, 2.05) is 32.0 Å². The lowest BCUT2D eigenvalue weighted by Crippen LogP contribution is -2.29. The summed E-state index contributed by atoms with van der Waals surface area (Å²) in [4.78, 5) is 11.1. The second kappa shape index (κ2) is 7.55. The van der Waals surface area contributed by atoms with Gasteiger partial charge in [-0.15, -0.1) is 0 Å². The second-order valence-electron chi connectivity index (χ2n) is 5.11. The fourth-order valence-electron chi connectivity index (χ4n) is 1.98. The Labute approximate surface area is 114 Å². The number of rotatable bonds is 7. The van der Waals surface area contributed by atoms with E-state index in [2.05, 4.69) is 11.4 Å². The van der Waals surface area contributed by atoms with Crippen molar-refractivity contribution in [1.82, 2.24) is 5.32 Å². The number of benzene rings is 1. The van der Waals surface area contributed by atoms with Crippen molar-refractivity contribution in [3.8, 4) is 6.07 Å². The fraction of sp³-hybridized carbons (Fsp3) is 0.467. The maximum atomic E-state index is 11.1. The highest BCUT2D eigenvalue weighted by Crippen LogP contribution is 2.11. The lowest BCUT2D eigenvalue weighted by molar-refractivity contribution is -0.142. The van der Waals surface area contributed by atoms with Crippen LogP contribution >= 0.6 is 0 Å². The molecule has 1 aromatic rings. The number of carboxylic acids is 1. The largest absolute Gasteiger partial charge is 0.481 e. The van der Waals surface area contributed by atoms with E-state index in [9.17, 15) is 4.79 Å².